The first-order chi connectivity index (χ1) is 15.5. The summed E-state index contributed by atoms with van der Waals surface area (Å²) in [7, 11) is 1.64. The van der Waals surface area contributed by atoms with Crippen molar-refractivity contribution in [1.29, 1.82) is 0 Å². The average Bonchev–Trinajstić information content (AvgIpc) is 3.32. The first-order valence-corrected chi connectivity index (χ1v) is 10.0. The number of nitrogens with zero attached hydrogens (tertiary/aromatic N) is 6. The molecule has 4 heterocycles. The van der Waals surface area contributed by atoms with Crippen molar-refractivity contribution in [3.63, 3.8) is 0 Å². The lowest BCUT2D eigenvalue weighted by atomic mass is 10.00. The second-order valence-corrected chi connectivity index (χ2v) is 7.65. The van der Waals surface area contributed by atoms with E-state index in [1.54, 1.807) is 40.6 Å². The molecule has 0 fully saturated rings. The quantitative estimate of drug-likeness (QED) is 0.427. The Bertz CT molecular complexity index is 1590. The Labute approximate surface area is 179 Å². The maximum atomic E-state index is 14.3. The normalized spacial score (nSPS) is 15.8. The fraction of sp³-hybridized carbons (Fsp3) is 0.182. The van der Waals surface area contributed by atoms with Gasteiger partial charge < -0.3 is 4.74 Å². The first kappa shape index (κ1) is 18.7. The lowest BCUT2D eigenvalue weighted by molar-refractivity contribution is 0.243. The Kier molecular flexibility index (Phi) is 3.91. The highest BCUT2D eigenvalue weighted by molar-refractivity contribution is 5.77. The average molecular weight is 434 g/mol. The molecule has 0 aliphatic carbocycles. The van der Waals surface area contributed by atoms with Crippen LogP contribution in [-0.2, 0) is 7.05 Å². The molecule has 32 heavy (non-hydrogen) atoms. The van der Waals surface area contributed by atoms with Gasteiger partial charge in [-0.25, -0.2) is 23.5 Å². The molecule has 1 atom stereocenters. The van der Waals surface area contributed by atoms with Crippen LogP contribution in [0.15, 0.2) is 53.7 Å². The smallest absolute Gasteiger partial charge is 0.330 e. The zero-order chi connectivity index (χ0) is 22.0. The zero-order valence-corrected chi connectivity index (χ0v) is 16.9. The van der Waals surface area contributed by atoms with Gasteiger partial charge in [-0.2, -0.15) is 4.98 Å². The van der Waals surface area contributed by atoms with Crippen molar-refractivity contribution in [2.75, 3.05) is 6.61 Å². The number of aryl methyl sites for hydroxylation is 1. The highest BCUT2D eigenvalue weighted by Gasteiger charge is 2.29. The number of benzene rings is 2. The van der Waals surface area contributed by atoms with E-state index in [0.29, 0.717) is 34.2 Å². The summed E-state index contributed by atoms with van der Waals surface area (Å²) in [6.45, 7) is 0.269. The van der Waals surface area contributed by atoms with E-state index in [2.05, 4.69) is 15.0 Å². The van der Waals surface area contributed by atoms with Crippen LogP contribution in [0.2, 0.25) is 0 Å². The Hall–Kier alpha value is -4.08. The van der Waals surface area contributed by atoms with E-state index in [4.69, 9.17) is 4.74 Å². The third-order valence-corrected chi connectivity index (χ3v) is 5.85. The molecule has 0 spiro atoms. The standard InChI is InChI=1S/C22H16F2N6O2/c1-28-18-10-25-21(29-11-26-15-6-5-12(23)9-17(15)29)27-20(18)30(22(28)31)16-7-8-32-19-13(16)3-2-4-14(19)24/h2-6,9-11,16H,7-8H2,1H3. The molecule has 10 heteroatoms. The lowest BCUT2D eigenvalue weighted by Gasteiger charge is -2.26. The van der Waals surface area contributed by atoms with Crippen LogP contribution in [0, 0.1) is 11.6 Å². The van der Waals surface area contributed by atoms with Crippen molar-refractivity contribution in [3.05, 3.63) is 76.6 Å². The van der Waals surface area contributed by atoms with Crippen molar-refractivity contribution in [2.45, 2.75) is 12.5 Å². The van der Waals surface area contributed by atoms with Gasteiger partial charge in [-0.1, -0.05) is 12.1 Å². The second kappa shape index (κ2) is 6.71. The van der Waals surface area contributed by atoms with Gasteiger partial charge in [0.2, 0.25) is 5.95 Å². The molecule has 1 aliphatic heterocycles. The molecule has 1 unspecified atom stereocenters. The van der Waals surface area contributed by atoms with Crippen LogP contribution in [0.3, 0.4) is 0 Å². The zero-order valence-electron chi connectivity index (χ0n) is 16.9. The van der Waals surface area contributed by atoms with Gasteiger partial charge in [0.15, 0.2) is 17.2 Å². The third-order valence-electron chi connectivity index (χ3n) is 5.85. The fourth-order valence-electron chi connectivity index (χ4n) is 4.30. The number of ether oxygens (including phenoxy) is 1. The molecule has 8 nitrogen and oxygen atoms in total. The Morgan fingerprint density at radius 2 is 2.00 bits per heavy atom. The van der Waals surface area contributed by atoms with E-state index in [9.17, 15) is 13.6 Å². The van der Waals surface area contributed by atoms with Gasteiger partial charge in [0, 0.05) is 25.1 Å². The molecule has 1 aliphatic rings. The summed E-state index contributed by atoms with van der Waals surface area (Å²) in [6, 6.07) is 8.49. The van der Waals surface area contributed by atoms with Gasteiger partial charge in [-0.15, -0.1) is 0 Å². The predicted molar refractivity (Wildman–Crippen MR) is 112 cm³/mol. The fourth-order valence-corrected chi connectivity index (χ4v) is 4.30. The number of para-hydroxylation sites is 1. The van der Waals surface area contributed by atoms with E-state index >= 15 is 0 Å². The highest BCUT2D eigenvalue weighted by atomic mass is 19.1. The summed E-state index contributed by atoms with van der Waals surface area (Å²) in [4.78, 5) is 26.5. The molecule has 0 saturated carbocycles. The van der Waals surface area contributed by atoms with Crippen molar-refractivity contribution in [1.82, 2.24) is 28.7 Å². The number of halogens is 2. The Morgan fingerprint density at radius 3 is 2.88 bits per heavy atom. The summed E-state index contributed by atoms with van der Waals surface area (Å²) < 4.78 is 38.2. The molecule has 6 rings (SSSR count). The van der Waals surface area contributed by atoms with Crippen molar-refractivity contribution in [2.24, 2.45) is 7.05 Å². The molecule has 0 bridgehead atoms. The van der Waals surface area contributed by atoms with Gasteiger partial charge in [0.1, 0.15) is 17.7 Å². The minimum absolute atomic E-state index is 0.151. The van der Waals surface area contributed by atoms with E-state index in [-0.39, 0.29) is 24.0 Å². The maximum Gasteiger partial charge on any atom is 0.330 e. The van der Waals surface area contributed by atoms with E-state index < -0.39 is 17.7 Å². The van der Waals surface area contributed by atoms with Gasteiger partial charge >= 0.3 is 5.69 Å². The molecule has 0 N–H and O–H groups in total. The van der Waals surface area contributed by atoms with Crippen molar-refractivity contribution in [3.8, 4) is 11.7 Å². The monoisotopic (exact) mass is 434 g/mol. The van der Waals surface area contributed by atoms with Crippen LogP contribution < -0.4 is 10.4 Å². The van der Waals surface area contributed by atoms with E-state index in [1.165, 1.54) is 29.1 Å². The number of hydrogen-bond acceptors (Lipinski definition) is 5. The van der Waals surface area contributed by atoms with Crippen molar-refractivity contribution >= 4 is 22.2 Å². The molecule has 2 aromatic carbocycles. The summed E-state index contributed by atoms with van der Waals surface area (Å²) in [6.07, 6.45) is 3.54. The summed E-state index contributed by atoms with van der Waals surface area (Å²) in [5.41, 5.74) is 2.31. The number of fused-ring (bicyclic) bond motifs is 3. The molecule has 0 amide bonds. The van der Waals surface area contributed by atoms with Crippen LogP contribution in [0.4, 0.5) is 8.78 Å². The molecular formula is C22H16F2N6O2. The second-order valence-electron chi connectivity index (χ2n) is 7.65. The maximum absolute atomic E-state index is 14.3. The minimum atomic E-state index is -0.470. The summed E-state index contributed by atoms with van der Waals surface area (Å²) in [5, 5.41) is 0. The largest absolute Gasteiger partial charge is 0.490 e. The van der Waals surface area contributed by atoms with Crippen LogP contribution in [0.25, 0.3) is 28.1 Å². The predicted octanol–water partition coefficient (Wildman–Crippen LogP) is 3.12. The van der Waals surface area contributed by atoms with Crippen LogP contribution in [0.1, 0.15) is 18.0 Å². The molecule has 160 valence electrons. The molecule has 0 radical (unpaired) electrons. The molecule has 5 aromatic rings. The van der Waals surface area contributed by atoms with Gasteiger partial charge in [0.05, 0.1) is 29.9 Å². The number of aromatic nitrogens is 6. The lowest BCUT2D eigenvalue weighted by Crippen LogP contribution is -2.30. The number of hydrogen-bond donors (Lipinski definition) is 0. The minimum Gasteiger partial charge on any atom is -0.490 e. The van der Waals surface area contributed by atoms with Crippen LogP contribution in [0.5, 0.6) is 5.75 Å². The first-order valence-electron chi connectivity index (χ1n) is 10.0. The van der Waals surface area contributed by atoms with Crippen molar-refractivity contribution < 1.29 is 13.5 Å². The topological polar surface area (TPSA) is 79.8 Å². The summed E-state index contributed by atoms with van der Waals surface area (Å²) >= 11 is 0. The molecular weight excluding hydrogens is 418 g/mol. The Balaban J connectivity index is 1.59. The van der Waals surface area contributed by atoms with E-state index in [1.807, 2.05) is 0 Å². The Morgan fingerprint density at radius 1 is 1.12 bits per heavy atom. The van der Waals surface area contributed by atoms with Gasteiger partial charge in [-0.3, -0.25) is 13.7 Å². The number of imidazole rings is 2. The highest BCUT2D eigenvalue weighted by Crippen LogP contribution is 2.37. The van der Waals surface area contributed by atoms with Crippen LogP contribution >= 0.6 is 0 Å². The van der Waals surface area contributed by atoms with Gasteiger partial charge in [0.25, 0.3) is 0 Å². The SMILES string of the molecule is Cn1c(=O)n(C2CCOc3c(F)cccc32)c2nc(-n3cnc4ccc(F)cc43)ncc21. The molecule has 3 aromatic heterocycles. The third kappa shape index (κ3) is 2.58. The molecule has 0 saturated heterocycles. The van der Waals surface area contributed by atoms with Crippen LogP contribution in [-0.4, -0.2) is 35.3 Å². The number of rotatable bonds is 2. The summed E-state index contributed by atoms with van der Waals surface area (Å²) in [5.74, 6) is -0.477. The van der Waals surface area contributed by atoms with Gasteiger partial charge in [-0.05, 0) is 18.2 Å². The van der Waals surface area contributed by atoms with E-state index in [0.717, 1.165) is 0 Å².